The number of nitrogens with zero attached hydrogens (tertiary/aromatic N) is 2. The summed E-state index contributed by atoms with van der Waals surface area (Å²) in [5.74, 6) is -0.936. The standard InChI is InChI=1S/C17H13BrN2O3/c1-3-8-20-16(22)12(9-19)10(2)14(17(20)23)15(21)11-6-4-5-7-13(11)18/h3-7,23H,1,8H2,2H3. The molecule has 1 aromatic heterocycles. The number of nitriles is 1. The van der Waals surface area contributed by atoms with Crippen molar-refractivity contribution >= 4 is 21.7 Å². The van der Waals surface area contributed by atoms with Gasteiger partial charge in [0.05, 0.1) is 5.56 Å². The van der Waals surface area contributed by atoms with E-state index >= 15 is 0 Å². The zero-order valence-electron chi connectivity index (χ0n) is 12.3. The Morgan fingerprint density at radius 2 is 2.13 bits per heavy atom. The largest absolute Gasteiger partial charge is 0.494 e. The molecule has 1 heterocycles. The summed E-state index contributed by atoms with van der Waals surface area (Å²) >= 11 is 3.29. The molecule has 2 aromatic rings. The van der Waals surface area contributed by atoms with E-state index in [0.29, 0.717) is 10.0 Å². The molecule has 0 unspecified atom stereocenters. The molecule has 6 heteroatoms. The van der Waals surface area contributed by atoms with Crippen LogP contribution in [0, 0.1) is 18.3 Å². The molecule has 0 saturated heterocycles. The molecular weight excluding hydrogens is 360 g/mol. The highest BCUT2D eigenvalue weighted by Gasteiger charge is 2.25. The van der Waals surface area contributed by atoms with Crippen LogP contribution in [0.25, 0.3) is 0 Å². The number of hydrogen-bond donors (Lipinski definition) is 1. The number of hydrogen-bond acceptors (Lipinski definition) is 4. The first-order valence-electron chi connectivity index (χ1n) is 6.70. The maximum absolute atomic E-state index is 12.8. The molecule has 0 aliphatic rings. The zero-order chi connectivity index (χ0) is 17.1. The number of allylic oxidation sites excluding steroid dienone is 1. The van der Waals surface area contributed by atoms with Gasteiger partial charge in [-0.05, 0) is 24.6 Å². The van der Waals surface area contributed by atoms with Crippen LogP contribution in [-0.2, 0) is 6.54 Å². The second kappa shape index (κ2) is 6.63. The molecule has 0 amide bonds. The maximum Gasteiger partial charge on any atom is 0.271 e. The average Bonchev–Trinajstić information content (AvgIpc) is 2.52. The summed E-state index contributed by atoms with van der Waals surface area (Å²) in [6.45, 7) is 4.99. The second-order valence-electron chi connectivity index (χ2n) is 4.82. The van der Waals surface area contributed by atoms with Crippen molar-refractivity contribution in [2.75, 3.05) is 0 Å². The molecule has 23 heavy (non-hydrogen) atoms. The molecular formula is C17H13BrN2O3. The van der Waals surface area contributed by atoms with Gasteiger partial charge in [-0.3, -0.25) is 14.2 Å². The second-order valence-corrected chi connectivity index (χ2v) is 5.68. The lowest BCUT2D eigenvalue weighted by Crippen LogP contribution is -2.26. The lowest BCUT2D eigenvalue weighted by Gasteiger charge is -2.14. The number of ketones is 1. The number of carbonyl (C=O) groups excluding carboxylic acids is 1. The Morgan fingerprint density at radius 3 is 2.70 bits per heavy atom. The molecule has 0 saturated carbocycles. The number of carbonyl (C=O) groups is 1. The Labute approximate surface area is 141 Å². The molecule has 0 fully saturated rings. The van der Waals surface area contributed by atoms with Crippen LogP contribution in [0.4, 0.5) is 0 Å². The smallest absolute Gasteiger partial charge is 0.271 e. The Balaban J connectivity index is 2.82. The van der Waals surface area contributed by atoms with Crippen LogP contribution in [-0.4, -0.2) is 15.5 Å². The van der Waals surface area contributed by atoms with Gasteiger partial charge >= 0.3 is 0 Å². The molecule has 0 atom stereocenters. The first kappa shape index (κ1) is 16.7. The molecule has 1 aromatic carbocycles. The molecule has 0 radical (unpaired) electrons. The molecule has 1 N–H and O–H groups in total. The highest BCUT2D eigenvalue weighted by atomic mass is 79.9. The Kier molecular flexibility index (Phi) is 4.82. The van der Waals surface area contributed by atoms with Gasteiger partial charge in [0.2, 0.25) is 5.88 Å². The lowest BCUT2D eigenvalue weighted by atomic mass is 9.97. The Hall–Kier alpha value is -2.65. The first-order chi connectivity index (χ1) is 10.9. The average molecular weight is 373 g/mol. The van der Waals surface area contributed by atoms with E-state index in [9.17, 15) is 20.0 Å². The van der Waals surface area contributed by atoms with E-state index in [1.54, 1.807) is 24.3 Å². The summed E-state index contributed by atoms with van der Waals surface area (Å²) in [5.41, 5.74) is -0.379. The Morgan fingerprint density at radius 1 is 1.48 bits per heavy atom. The molecule has 0 spiro atoms. The predicted molar refractivity (Wildman–Crippen MR) is 89.6 cm³/mol. The van der Waals surface area contributed by atoms with Crippen molar-refractivity contribution in [3.8, 4) is 11.9 Å². The van der Waals surface area contributed by atoms with Crippen molar-refractivity contribution in [3.05, 3.63) is 74.0 Å². The van der Waals surface area contributed by atoms with Gasteiger partial charge in [0, 0.05) is 16.6 Å². The van der Waals surface area contributed by atoms with E-state index < -0.39 is 17.2 Å². The summed E-state index contributed by atoms with van der Waals surface area (Å²) in [6, 6.07) is 8.55. The summed E-state index contributed by atoms with van der Waals surface area (Å²) in [4.78, 5) is 25.0. The summed E-state index contributed by atoms with van der Waals surface area (Å²) in [6.07, 6.45) is 1.41. The van der Waals surface area contributed by atoms with Crippen LogP contribution in [0.3, 0.4) is 0 Å². The summed E-state index contributed by atoms with van der Waals surface area (Å²) < 4.78 is 1.52. The number of aromatic nitrogens is 1. The van der Waals surface area contributed by atoms with Crippen LogP contribution >= 0.6 is 15.9 Å². The van der Waals surface area contributed by atoms with E-state index in [4.69, 9.17) is 0 Å². The number of benzene rings is 1. The van der Waals surface area contributed by atoms with Gasteiger partial charge in [0.25, 0.3) is 5.56 Å². The minimum Gasteiger partial charge on any atom is -0.494 e. The van der Waals surface area contributed by atoms with Gasteiger partial charge in [-0.1, -0.05) is 34.1 Å². The van der Waals surface area contributed by atoms with Gasteiger partial charge in [-0.15, -0.1) is 6.58 Å². The molecule has 0 aliphatic carbocycles. The highest BCUT2D eigenvalue weighted by Crippen LogP contribution is 2.27. The molecule has 116 valence electrons. The van der Waals surface area contributed by atoms with E-state index in [0.717, 1.165) is 4.57 Å². The van der Waals surface area contributed by atoms with Gasteiger partial charge < -0.3 is 5.11 Å². The van der Waals surface area contributed by atoms with Crippen LogP contribution in [0.2, 0.25) is 0 Å². The third-order valence-corrected chi connectivity index (χ3v) is 4.15. The van der Waals surface area contributed by atoms with Crippen LogP contribution in [0.1, 0.15) is 27.0 Å². The topological polar surface area (TPSA) is 83.1 Å². The maximum atomic E-state index is 12.8. The van der Waals surface area contributed by atoms with Crippen LogP contribution < -0.4 is 5.56 Å². The summed E-state index contributed by atoms with van der Waals surface area (Å²) in [7, 11) is 0. The number of aromatic hydroxyl groups is 1. The van der Waals surface area contributed by atoms with Crippen molar-refractivity contribution in [2.24, 2.45) is 0 Å². The lowest BCUT2D eigenvalue weighted by molar-refractivity contribution is 0.103. The quantitative estimate of drug-likeness (QED) is 0.660. The van der Waals surface area contributed by atoms with Crippen molar-refractivity contribution in [2.45, 2.75) is 13.5 Å². The fourth-order valence-corrected chi connectivity index (χ4v) is 2.77. The third-order valence-electron chi connectivity index (χ3n) is 3.46. The number of halogens is 1. The summed E-state index contributed by atoms with van der Waals surface area (Å²) in [5, 5.41) is 19.6. The minimum absolute atomic E-state index is 0.00410. The van der Waals surface area contributed by atoms with Crippen molar-refractivity contribution < 1.29 is 9.90 Å². The predicted octanol–water partition coefficient (Wildman–Crippen LogP) is 2.91. The van der Waals surface area contributed by atoms with Crippen molar-refractivity contribution in [1.29, 1.82) is 5.26 Å². The molecule has 0 bridgehead atoms. The van der Waals surface area contributed by atoms with E-state index in [-0.39, 0.29) is 23.2 Å². The van der Waals surface area contributed by atoms with Gasteiger partial charge in [0.15, 0.2) is 5.78 Å². The molecule has 2 rings (SSSR count). The van der Waals surface area contributed by atoms with Crippen LogP contribution in [0.15, 0.2) is 46.2 Å². The molecule has 0 aliphatic heterocycles. The molecule has 5 nitrogen and oxygen atoms in total. The fraction of sp³-hybridized carbons (Fsp3) is 0.118. The van der Waals surface area contributed by atoms with Crippen molar-refractivity contribution in [3.63, 3.8) is 0 Å². The first-order valence-corrected chi connectivity index (χ1v) is 7.49. The van der Waals surface area contributed by atoms with Crippen molar-refractivity contribution in [1.82, 2.24) is 4.57 Å². The SMILES string of the molecule is C=CCn1c(O)c(C(=O)c2ccccc2Br)c(C)c(C#N)c1=O. The zero-order valence-corrected chi connectivity index (χ0v) is 13.9. The van der Waals surface area contributed by atoms with Gasteiger partial charge in [0.1, 0.15) is 11.6 Å². The van der Waals surface area contributed by atoms with E-state index in [1.807, 2.05) is 6.07 Å². The number of pyridine rings is 1. The van der Waals surface area contributed by atoms with E-state index in [2.05, 4.69) is 22.5 Å². The minimum atomic E-state index is -0.647. The van der Waals surface area contributed by atoms with Gasteiger partial charge in [-0.2, -0.15) is 5.26 Å². The Bertz CT molecular complexity index is 907. The number of rotatable bonds is 4. The van der Waals surface area contributed by atoms with Gasteiger partial charge in [-0.25, -0.2) is 0 Å². The monoisotopic (exact) mass is 372 g/mol. The third kappa shape index (κ3) is 2.83. The van der Waals surface area contributed by atoms with E-state index in [1.165, 1.54) is 13.0 Å². The fourth-order valence-electron chi connectivity index (χ4n) is 2.30. The normalized spacial score (nSPS) is 10.1. The highest BCUT2D eigenvalue weighted by molar-refractivity contribution is 9.10. The van der Waals surface area contributed by atoms with Crippen LogP contribution in [0.5, 0.6) is 5.88 Å².